The molecule has 0 amide bonds. The maximum absolute atomic E-state index is 2.78. The number of benzene rings is 4. The van der Waals surface area contributed by atoms with Gasteiger partial charge in [0.2, 0.25) is 0 Å². The van der Waals surface area contributed by atoms with Gasteiger partial charge in [0, 0.05) is 23.1 Å². The van der Waals surface area contributed by atoms with Gasteiger partial charge >= 0.3 is 0 Å². The minimum atomic E-state index is 0.290. The number of nitrogens with zero attached hydrogens (tertiary/aromatic N) is 2. The molecule has 46 heavy (non-hydrogen) atoms. The van der Waals surface area contributed by atoms with Gasteiger partial charge in [0.15, 0.2) is 0 Å². The Morgan fingerprint density at radius 1 is 0.630 bits per heavy atom. The lowest BCUT2D eigenvalue weighted by atomic mass is 9.88. The molecule has 0 saturated carbocycles. The van der Waals surface area contributed by atoms with Crippen molar-refractivity contribution in [1.29, 1.82) is 0 Å². The van der Waals surface area contributed by atoms with Crippen LogP contribution in [0.5, 0.6) is 0 Å². The lowest BCUT2D eigenvalue weighted by Crippen LogP contribution is -2.44. The van der Waals surface area contributed by atoms with Crippen LogP contribution in [0.1, 0.15) is 55.2 Å². The van der Waals surface area contributed by atoms with E-state index in [-0.39, 0.29) is 6.04 Å². The van der Waals surface area contributed by atoms with Gasteiger partial charge in [-0.3, -0.25) is 0 Å². The van der Waals surface area contributed by atoms with Crippen molar-refractivity contribution in [2.75, 3.05) is 4.90 Å². The highest BCUT2D eigenvalue weighted by molar-refractivity contribution is 5.87. The van der Waals surface area contributed by atoms with Gasteiger partial charge in [0.1, 0.15) is 0 Å². The average molecular weight is 599 g/mol. The third kappa shape index (κ3) is 5.81. The first-order chi connectivity index (χ1) is 22.8. The van der Waals surface area contributed by atoms with Gasteiger partial charge in [0.25, 0.3) is 0 Å². The summed E-state index contributed by atoms with van der Waals surface area (Å²) in [7, 11) is 0. The van der Waals surface area contributed by atoms with E-state index in [2.05, 4.69) is 162 Å². The van der Waals surface area contributed by atoms with Crippen LogP contribution in [0.25, 0.3) is 22.4 Å². The zero-order valence-corrected chi connectivity index (χ0v) is 26.5. The second-order valence-electron chi connectivity index (χ2n) is 13.1. The Morgan fingerprint density at radius 2 is 1.48 bits per heavy atom. The highest BCUT2D eigenvalue weighted by atomic mass is 15.2. The molecule has 8 rings (SSSR count). The first-order valence-corrected chi connectivity index (χ1v) is 17.1. The van der Waals surface area contributed by atoms with E-state index < -0.39 is 0 Å². The van der Waals surface area contributed by atoms with Crippen LogP contribution in [0, 0.1) is 0 Å². The molecule has 0 saturated heterocycles. The largest absolute Gasteiger partial charge is 0.365 e. The second kappa shape index (κ2) is 12.9. The average Bonchev–Trinajstić information content (AvgIpc) is 3.13. The summed E-state index contributed by atoms with van der Waals surface area (Å²) >= 11 is 0. The van der Waals surface area contributed by atoms with Gasteiger partial charge in [-0.25, -0.2) is 0 Å². The topological polar surface area (TPSA) is 6.48 Å². The molecule has 0 bridgehead atoms. The van der Waals surface area contributed by atoms with Crippen molar-refractivity contribution in [3.05, 3.63) is 168 Å². The third-order valence-electron chi connectivity index (χ3n) is 10.3. The number of allylic oxidation sites excluding steroid dienone is 7. The van der Waals surface area contributed by atoms with E-state index >= 15 is 0 Å². The van der Waals surface area contributed by atoms with Crippen molar-refractivity contribution in [1.82, 2.24) is 4.90 Å². The summed E-state index contributed by atoms with van der Waals surface area (Å²) in [4.78, 5) is 5.27. The molecule has 0 spiro atoms. The number of hydrogen-bond acceptors (Lipinski definition) is 2. The monoisotopic (exact) mass is 598 g/mol. The van der Waals surface area contributed by atoms with Crippen LogP contribution in [-0.4, -0.2) is 23.0 Å². The zero-order chi connectivity index (χ0) is 30.7. The minimum absolute atomic E-state index is 0.290. The first-order valence-electron chi connectivity index (χ1n) is 17.1. The van der Waals surface area contributed by atoms with E-state index in [4.69, 9.17) is 0 Å². The third-order valence-corrected chi connectivity index (χ3v) is 10.3. The predicted molar refractivity (Wildman–Crippen MR) is 196 cm³/mol. The Kier molecular flexibility index (Phi) is 8.02. The second-order valence-corrected chi connectivity index (χ2v) is 13.1. The fourth-order valence-corrected chi connectivity index (χ4v) is 7.87. The Labute approximate surface area is 274 Å². The van der Waals surface area contributed by atoms with Crippen LogP contribution in [0.2, 0.25) is 0 Å². The summed E-state index contributed by atoms with van der Waals surface area (Å²) in [5, 5.41) is 2.55. The van der Waals surface area contributed by atoms with Crippen LogP contribution in [-0.2, 0) is 6.42 Å². The quantitative estimate of drug-likeness (QED) is 0.195. The Hall–Kier alpha value is -4.82. The van der Waals surface area contributed by atoms with Crippen LogP contribution >= 0.6 is 0 Å². The van der Waals surface area contributed by atoms with E-state index in [1.807, 2.05) is 0 Å². The Bertz CT molecular complexity index is 1900. The molecular formula is C44H42N2. The van der Waals surface area contributed by atoms with Crippen molar-refractivity contribution >= 4 is 33.8 Å². The van der Waals surface area contributed by atoms with Crippen LogP contribution in [0.15, 0.2) is 151 Å². The van der Waals surface area contributed by atoms with Gasteiger partial charge < -0.3 is 9.80 Å². The lowest BCUT2D eigenvalue weighted by molar-refractivity contribution is 0.191. The van der Waals surface area contributed by atoms with Gasteiger partial charge in [-0.15, -0.1) is 0 Å². The summed E-state index contributed by atoms with van der Waals surface area (Å²) in [5.74, 6) is 0. The van der Waals surface area contributed by atoms with Crippen molar-refractivity contribution in [2.45, 2.75) is 63.1 Å². The molecule has 0 aromatic heterocycles. The van der Waals surface area contributed by atoms with Gasteiger partial charge in [-0.1, -0.05) is 121 Å². The molecule has 0 heterocycles. The highest BCUT2D eigenvalue weighted by Crippen LogP contribution is 2.37. The molecule has 0 fully saturated rings. The van der Waals surface area contributed by atoms with E-state index in [1.54, 1.807) is 0 Å². The predicted octanol–water partition coefficient (Wildman–Crippen LogP) is 11.0. The van der Waals surface area contributed by atoms with Gasteiger partial charge in [-0.2, -0.15) is 0 Å². The fraction of sp³-hybridized carbons (Fsp3) is 0.227. The molecule has 0 aliphatic heterocycles. The molecule has 3 atom stereocenters. The molecule has 228 valence electrons. The molecule has 4 aliphatic rings. The number of rotatable bonds is 7. The van der Waals surface area contributed by atoms with Crippen molar-refractivity contribution in [2.24, 2.45) is 0 Å². The van der Waals surface area contributed by atoms with E-state index in [0.717, 1.165) is 32.1 Å². The summed E-state index contributed by atoms with van der Waals surface area (Å²) in [6, 6.07) is 35.0. The van der Waals surface area contributed by atoms with E-state index in [0.29, 0.717) is 12.1 Å². The zero-order valence-electron chi connectivity index (χ0n) is 26.5. The maximum Gasteiger partial charge on any atom is 0.0559 e. The molecule has 0 radical (unpaired) electrons. The van der Waals surface area contributed by atoms with Crippen LogP contribution in [0.3, 0.4) is 0 Å². The van der Waals surface area contributed by atoms with Crippen LogP contribution < -0.4 is 4.90 Å². The highest BCUT2D eigenvalue weighted by Gasteiger charge is 2.30. The normalized spacial score (nSPS) is 21.9. The SMILES string of the molecule is C1=CC[C@@H](N(c2ccc(C3=CC=C(N(C4C=Cc5ccccc5C4)C4CC=CCC4)CC3)cc2)c2ccc3ccccc3c2)C=C1. The van der Waals surface area contributed by atoms with Crippen molar-refractivity contribution < 1.29 is 0 Å². The summed E-state index contributed by atoms with van der Waals surface area (Å²) in [6.07, 6.45) is 31.1. The number of fused-ring (bicyclic) bond motifs is 2. The maximum atomic E-state index is 2.78. The molecule has 4 aliphatic carbocycles. The molecular weight excluding hydrogens is 556 g/mol. The van der Waals surface area contributed by atoms with E-state index in [1.165, 1.54) is 62.9 Å². The van der Waals surface area contributed by atoms with Gasteiger partial charge in [0.05, 0.1) is 12.1 Å². The molecule has 4 aromatic rings. The molecule has 2 heteroatoms. The molecule has 0 N–H and O–H groups in total. The minimum Gasteiger partial charge on any atom is -0.365 e. The summed E-state index contributed by atoms with van der Waals surface area (Å²) < 4.78 is 0. The molecule has 4 aromatic carbocycles. The Balaban J connectivity index is 1.07. The smallest absolute Gasteiger partial charge is 0.0559 e. The molecule has 2 unspecified atom stereocenters. The standard InChI is InChI=1S/C44H42N2/c1-3-15-39(16-4-1)45(43-29-23-33-11-7-9-13-37(33)31-43)41-25-19-35(20-26-41)36-21-27-42(28-22-36)46(40-17-5-2-6-18-40)44-30-24-34-12-8-10-14-38(34)32-44/h1-5,7-15,19-21,23-27,29-31,39-40,44H,6,16-18,22,28,32H2/t39-,40?,44?/m0/s1. The summed E-state index contributed by atoms with van der Waals surface area (Å²) in [5.41, 5.74) is 9.57. The van der Waals surface area contributed by atoms with E-state index in [9.17, 15) is 0 Å². The van der Waals surface area contributed by atoms with Crippen molar-refractivity contribution in [3.63, 3.8) is 0 Å². The van der Waals surface area contributed by atoms with Gasteiger partial charge in [-0.05, 0) is 108 Å². The van der Waals surface area contributed by atoms with Crippen molar-refractivity contribution in [3.8, 4) is 0 Å². The molecule has 2 nitrogen and oxygen atoms in total. The Morgan fingerprint density at radius 3 is 2.28 bits per heavy atom. The first kappa shape index (κ1) is 28.6. The summed E-state index contributed by atoms with van der Waals surface area (Å²) in [6.45, 7) is 0. The number of hydrogen-bond donors (Lipinski definition) is 0. The lowest BCUT2D eigenvalue weighted by Gasteiger charge is -2.43. The number of anilines is 2. The fourth-order valence-electron chi connectivity index (χ4n) is 7.87. The van der Waals surface area contributed by atoms with Crippen LogP contribution in [0.4, 0.5) is 11.4 Å².